The maximum atomic E-state index is 12.3. The number of imide groups is 1. The molecule has 1 aliphatic rings. The molecule has 0 bridgehead atoms. The van der Waals surface area contributed by atoms with E-state index in [-0.39, 0.29) is 31.4 Å². The Kier molecular flexibility index (Phi) is 5.03. The van der Waals surface area contributed by atoms with Crippen LogP contribution in [0.25, 0.3) is 10.6 Å². The lowest BCUT2D eigenvalue weighted by Crippen LogP contribution is -2.31. The van der Waals surface area contributed by atoms with Crippen LogP contribution in [0.5, 0.6) is 0 Å². The fourth-order valence-corrected chi connectivity index (χ4v) is 3.64. The number of benzene rings is 1. The first kappa shape index (κ1) is 18.1. The maximum absolute atomic E-state index is 12.3. The molecule has 0 fully saturated rings. The lowest BCUT2D eigenvalue weighted by atomic mass is 10.1. The summed E-state index contributed by atoms with van der Waals surface area (Å²) in [6.45, 7) is 0.189. The fourth-order valence-electron chi connectivity index (χ4n) is 2.97. The quantitative estimate of drug-likeness (QED) is 0.448. The highest BCUT2D eigenvalue weighted by Gasteiger charge is 2.34. The molecule has 1 aliphatic heterocycles. The average molecular weight is 396 g/mol. The van der Waals surface area contributed by atoms with E-state index in [1.807, 2.05) is 17.5 Å². The van der Waals surface area contributed by atoms with Crippen LogP contribution in [-0.4, -0.2) is 34.4 Å². The molecule has 8 heteroatoms. The molecule has 0 N–H and O–H groups in total. The van der Waals surface area contributed by atoms with Crippen molar-refractivity contribution in [2.45, 2.75) is 19.4 Å². The molecule has 0 spiro atoms. The summed E-state index contributed by atoms with van der Waals surface area (Å²) in [6, 6.07) is 12.3. The van der Waals surface area contributed by atoms with Gasteiger partial charge in [-0.25, -0.2) is 0 Å². The minimum absolute atomic E-state index is 0.0146. The van der Waals surface area contributed by atoms with Gasteiger partial charge in [0.05, 0.1) is 16.0 Å². The molecule has 0 atom stereocenters. The Morgan fingerprint density at radius 1 is 1.11 bits per heavy atom. The molecule has 1 aromatic carbocycles. The molecule has 3 heterocycles. The van der Waals surface area contributed by atoms with Gasteiger partial charge in [-0.3, -0.25) is 19.3 Å². The molecule has 2 aromatic heterocycles. The van der Waals surface area contributed by atoms with Gasteiger partial charge < -0.3 is 9.26 Å². The smallest absolute Gasteiger partial charge is 0.306 e. The van der Waals surface area contributed by atoms with Gasteiger partial charge in [0.1, 0.15) is 12.3 Å². The van der Waals surface area contributed by atoms with Gasteiger partial charge in [0.15, 0.2) is 5.76 Å². The van der Waals surface area contributed by atoms with E-state index in [1.165, 1.54) is 16.2 Å². The highest BCUT2D eigenvalue weighted by Crippen LogP contribution is 2.25. The second-order valence-electron chi connectivity index (χ2n) is 6.23. The third kappa shape index (κ3) is 3.59. The molecule has 2 amide bonds. The van der Waals surface area contributed by atoms with Crippen LogP contribution in [0.3, 0.4) is 0 Å². The van der Waals surface area contributed by atoms with Crippen molar-refractivity contribution >= 4 is 29.1 Å². The highest BCUT2D eigenvalue weighted by molar-refractivity contribution is 7.13. The van der Waals surface area contributed by atoms with Gasteiger partial charge in [-0.2, -0.15) is 0 Å². The monoisotopic (exact) mass is 396 g/mol. The Bertz CT molecular complexity index is 990. The summed E-state index contributed by atoms with van der Waals surface area (Å²) in [5.41, 5.74) is 1.34. The van der Waals surface area contributed by atoms with E-state index in [9.17, 15) is 14.4 Å². The van der Waals surface area contributed by atoms with Crippen LogP contribution in [0.15, 0.2) is 52.4 Å². The first-order valence-electron chi connectivity index (χ1n) is 8.74. The van der Waals surface area contributed by atoms with Crippen molar-refractivity contribution in [1.82, 2.24) is 10.1 Å². The number of hydrogen-bond donors (Lipinski definition) is 0. The SMILES string of the molecule is O=C(CCCN1C(=O)c2ccccc2C1=O)OCc1cc(-c2cccs2)on1. The van der Waals surface area contributed by atoms with E-state index in [0.29, 0.717) is 29.0 Å². The molecular weight excluding hydrogens is 380 g/mol. The molecule has 4 rings (SSSR count). The standard InChI is InChI=1S/C20H16N2O5S/c23-18(26-12-13-11-16(27-21-13)17-7-4-10-28-17)8-3-9-22-19(24)14-5-1-2-6-15(14)20(22)25/h1-2,4-7,10-11H,3,8-9,12H2. The van der Waals surface area contributed by atoms with Gasteiger partial charge in [0.25, 0.3) is 11.8 Å². The molecule has 7 nitrogen and oxygen atoms in total. The topological polar surface area (TPSA) is 89.7 Å². The summed E-state index contributed by atoms with van der Waals surface area (Å²) < 4.78 is 10.4. The summed E-state index contributed by atoms with van der Waals surface area (Å²) in [5.74, 6) is -0.431. The number of hydrogen-bond acceptors (Lipinski definition) is 7. The van der Waals surface area contributed by atoms with Gasteiger partial charge in [0, 0.05) is 19.0 Å². The summed E-state index contributed by atoms with van der Waals surface area (Å²) in [6.07, 6.45) is 0.437. The van der Waals surface area contributed by atoms with Crippen molar-refractivity contribution in [3.8, 4) is 10.6 Å². The van der Waals surface area contributed by atoms with Gasteiger partial charge in [-0.15, -0.1) is 11.3 Å². The van der Waals surface area contributed by atoms with Gasteiger partial charge in [0.2, 0.25) is 0 Å². The van der Waals surface area contributed by atoms with E-state index < -0.39 is 5.97 Å². The summed E-state index contributed by atoms with van der Waals surface area (Å²) in [5, 5.41) is 5.82. The van der Waals surface area contributed by atoms with Crippen molar-refractivity contribution in [2.24, 2.45) is 0 Å². The molecule has 0 radical (unpaired) electrons. The largest absolute Gasteiger partial charge is 0.459 e. The zero-order valence-electron chi connectivity index (χ0n) is 14.8. The molecule has 0 aliphatic carbocycles. The number of carbonyl (C=O) groups is 3. The first-order chi connectivity index (χ1) is 13.6. The van der Waals surface area contributed by atoms with Crippen LogP contribution in [-0.2, 0) is 16.1 Å². The Morgan fingerprint density at radius 2 is 1.86 bits per heavy atom. The van der Waals surface area contributed by atoms with Crippen LogP contribution in [0.2, 0.25) is 0 Å². The van der Waals surface area contributed by atoms with Crippen LogP contribution >= 0.6 is 11.3 Å². The normalized spacial score (nSPS) is 13.1. The number of carbonyl (C=O) groups excluding carboxylic acids is 3. The molecule has 3 aromatic rings. The van der Waals surface area contributed by atoms with Crippen molar-refractivity contribution < 1.29 is 23.6 Å². The van der Waals surface area contributed by atoms with E-state index >= 15 is 0 Å². The van der Waals surface area contributed by atoms with Crippen molar-refractivity contribution in [2.75, 3.05) is 6.54 Å². The van der Waals surface area contributed by atoms with E-state index in [2.05, 4.69) is 5.16 Å². The van der Waals surface area contributed by atoms with E-state index in [4.69, 9.17) is 9.26 Å². The summed E-state index contributed by atoms with van der Waals surface area (Å²) >= 11 is 1.53. The van der Waals surface area contributed by atoms with E-state index in [1.54, 1.807) is 30.3 Å². The number of nitrogens with zero attached hydrogens (tertiary/aromatic N) is 2. The molecule has 0 saturated carbocycles. The number of aromatic nitrogens is 1. The predicted molar refractivity (Wildman–Crippen MR) is 101 cm³/mol. The molecule has 0 unspecified atom stereocenters. The second-order valence-corrected chi connectivity index (χ2v) is 7.18. The number of fused-ring (bicyclic) bond motifs is 1. The third-order valence-electron chi connectivity index (χ3n) is 4.34. The highest BCUT2D eigenvalue weighted by atomic mass is 32.1. The molecule has 0 saturated heterocycles. The van der Waals surface area contributed by atoms with Crippen molar-refractivity contribution in [3.63, 3.8) is 0 Å². The number of esters is 1. The van der Waals surface area contributed by atoms with Gasteiger partial charge >= 0.3 is 5.97 Å². The van der Waals surface area contributed by atoms with Crippen LogP contribution in [0.4, 0.5) is 0 Å². The third-order valence-corrected chi connectivity index (χ3v) is 5.23. The van der Waals surface area contributed by atoms with Gasteiger partial charge in [-0.05, 0) is 30.0 Å². The zero-order chi connectivity index (χ0) is 19.5. The number of amides is 2. The predicted octanol–water partition coefficient (Wildman–Crippen LogP) is 3.52. The van der Waals surface area contributed by atoms with Crippen molar-refractivity contribution in [1.29, 1.82) is 0 Å². The zero-order valence-corrected chi connectivity index (χ0v) is 15.6. The average Bonchev–Trinajstić information content (AvgIpc) is 3.44. The Hall–Kier alpha value is -3.26. The lowest BCUT2D eigenvalue weighted by Gasteiger charge is -2.13. The Balaban J connectivity index is 1.24. The summed E-state index contributed by atoms with van der Waals surface area (Å²) in [4.78, 5) is 38.6. The lowest BCUT2D eigenvalue weighted by molar-refractivity contribution is -0.145. The molecule has 142 valence electrons. The number of thiophene rings is 1. The van der Waals surface area contributed by atoms with E-state index in [0.717, 1.165) is 4.88 Å². The fraction of sp³-hybridized carbons (Fsp3) is 0.200. The van der Waals surface area contributed by atoms with Crippen LogP contribution in [0, 0.1) is 0 Å². The minimum Gasteiger partial charge on any atom is -0.459 e. The first-order valence-corrected chi connectivity index (χ1v) is 9.62. The maximum Gasteiger partial charge on any atom is 0.306 e. The van der Waals surface area contributed by atoms with Gasteiger partial charge in [-0.1, -0.05) is 23.4 Å². The number of ether oxygens (including phenoxy) is 1. The van der Waals surface area contributed by atoms with Crippen LogP contribution in [0.1, 0.15) is 39.3 Å². The minimum atomic E-state index is -0.419. The molecule has 28 heavy (non-hydrogen) atoms. The molecular formula is C20H16N2O5S. The Morgan fingerprint density at radius 3 is 2.54 bits per heavy atom. The van der Waals surface area contributed by atoms with Crippen LogP contribution < -0.4 is 0 Å². The number of rotatable bonds is 7. The second kappa shape index (κ2) is 7.77. The Labute approximate surface area is 164 Å². The van der Waals surface area contributed by atoms with Crippen molar-refractivity contribution in [3.05, 3.63) is 64.7 Å². The summed E-state index contributed by atoms with van der Waals surface area (Å²) in [7, 11) is 0.